The number of nitrogens with one attached hydrogen (secondary N) is 1. The molecule has 0 fully saturated rings. The number of phosphoric acid groups is 1. The van der Waals surface area contributed by atoms with E-state index >= 15 is 0 Å². The molecule has 2 rings (SSSR count). The van der Waals surface area contributed by atoms with Crippen molar-refractivity contribution in [3.63, 3.8) is 0 Å². The molecule has 0 bridgehead atoms. The molecule has 0 saturated carbocycles. The Kier molecular flexibility index (Phi) is 6.83. The van der Waals surface area contributed by atoms with Crippen LogP contribution in [0.2, 0.25) is 0 Å². The van der Waals surface area contributed by atoms with Crippen LogP contribution < -0.4 is 45.1 Å². The van der Waals surface area contributed by atoms with Crippen molar-refractivity contribution >= 4 is 23.8 Å². The second kappa shape index (κ2) is 6.93. The molecule has 1 unspecified atom stereocenters. The number of carbonyl (C=O) groups is 1. The van der Waals surface area contributed by atoms with Gasteiger partial charge in [0.25, 0.3) is 23.8 Å². The largest absolute Gasteiger partial charge is 1.00 e. The molecule has 4 N–H and O–H groups in total. The number of carbonyl (C=O) groups excluding carboxylic acids is 1. The Morgan fingerprint density at radius 1 is 1.37 bits per heavy atom. The molecule has 19 heavy (non-hydrogen) atoms. The van der Waals surface area contributed by atoms with Crippen molar-refractivity contribution in [2.75, 3.05) is 0 Å². The van der Waals surface area contributed by atoms with Crippen LogP contribution in [0.5, 0.6) is 0 Å². The van der Waals surface area contributed by atoms with Gasteiger partial charge >= 0.3 is 29.6 Å². The monoisotopic (exact) mass is 318 g/mol. The normalized spacial score (nSPS) is 17.9. The second-order valence-electron chi connectivity index (χ2n) is 3.00. The van der Waals surface area contributed by atoms with E-state index in [0.29, 0.717) is 0 Å². The molecule has 1 aromatic carbocycles. The minimum Gasteiger partial charge on any atom is -0.755 e. The minimum atomic E-state index is -4.62. The summed E-state index contributed by atoms with van der Waals surface area (Å²) in [7, 11) is -8.17. The number of hydrogen-bond donors (Lipinski definition) is 3. The van der Waals surface area contributed by atoms with E-state index in [1.807, 2.05) is 4.72 Å². The van der Waals surface area contributed by atoms with E-state index in [2.05, 4.69) is 10.5 Å². The molecule has 100 valence electrons. The molecule has 1 atom stereocenters. The number of rotatable bonds is 1. The Bertz CT molecular complexity index is 614. The van der Waals surface area contributed by atoms with Gasteiger partial charge in [0.15, 0.2) is 0 Å². The van der Waals surface area contributed by atoms with Gasteiger partial charge in [0, 0.05) is 0 Å². The summed E-state index contributed by atoms with van der Waals surface area (Å²) in [5.74, 6) is 3.43. The average molecular weight is 318 g/mol. The molecule has 1 aromatic rings. The van der Waals surface area contributed by atoms with Crippen LogP contribution in [0.15, 0.2) is 29.2 Å². The van der Waals surface area contributed by atoms with Crippen LogP contribution in [0.1, 0.15) is 10.4 Å². The van der Waals surface area contributed by atoms with Gasteiger partial charge in [-0.15, -0.1) is 0 Å². The van der Waals surface area contributed by atoms with E-state index in [0.717, 1.165) is 0 Å². The van der Waals surface area contributed by atoms with Crippen molar-refractivity contribution < 1.29 is 61.7 Å². The van der Waals surface area contributed by atoms with E-state index in [9.17, 15) is 22.7 Å². The molecule has 9 nitrogen and oxygen atoms in total. The predicted molar refractivity (Wildman–Crippen MR) is 56.2 cm³/mol. The summed E-state index contributed by atoms with van der Waals surface area (Å²) >= 11 is 0. The number of amides is 1. The topological polar surface area (TPSA) is 159 Å². The van der Waals surface area contributed by atoms with Gasteiger partial charge < -0.3 is 9.79 Å². The van der Waals surface area contributed by atoms with Gasteiger partial charge in [-0.05, 0) is 12.1 Å². The Balaban J connectivity index is 0.000000404. The third-order valence-corrected chi connectivity index (χ3v) is 3.44. The minimum absolute atomic E-state index is 0. The molecule has 1 heterocycles. The third kappa shape index (κ3) is 5.30. The van der Waals surface area contributed by atoms with Gasteiger partial charge in [0.2, 0.25) is 0 Å². The Hall–Kier alpha value is -0.290. The maximum absolute atomic E-state index is 11.1. The molecule has 0 saturated heterocycles. The molecule has 0 aromatic heterocycles. The zero-order valence-corrected chi connectivity index (χ0v) is 13.3. The van der Waals surface area contributed by atoms with Gasteiger partial charge in [-0.25, -0.2) is 23.7 Å². The molecule has 0 radical (unpaired) electrons. The van der Waals surface area contributed by atoms with Crippen molar-refractivity contribution in [3.8, 4) is 0 Å². The van der Waals surface area contributed by atoms with Crippen molar-refractivity contribution in [2.45, 2.75) is 4.90 Å². The summed E-state index contributed by atoms with van der Waals surface area (Å²) in [5, 5.41) is 0. The van der Waals surface area contributed by atoms with Crippen molar-refractivity contribution in [1.29, 1.82) is 0 Å². The fourth-order valence-corrected chi connectivity index (χ4v) is 2.29. The average Bonchev–Trinajstić information content (AvgIpc) is 2.50. The Morgan fingerprint density at radius 3 is 2.26 bits per heavy atom. The predicted octanol–water partition coefficient (Wildman–Crippen LogP) is -4.54. The zero-order valence-electron chi connectivity index (χ0n) is 9.64. The smallest absolute Gasteiger partial charge is 0.755 e. The van der Waals surface area contributed by atoms with Crippen LogP contribution in [-0.2, 0) is 19.2 Å². The quantitative estimate of drug-likeness (QED) is 0.265. The SMILES string of the molecule is NOP(=O)([O-])O.O=C1NS(=O)(=O)c2ccccc21.[Na+]. The van der Waals surface area contributed by atoms with Crippen molar-refractivity contribution in [2.24, 2.45) is 5.90 Å². The van der Waals surface area contributed by atoms with Gasteiger partial charge in [-0.1, -0.05) is 12.1 Å². The Labute approximate surface area is 130 Å². The van der Waals surface area contributed by atoms with E-state index in [-0.39, 0.29) is 40.0 Å². The third-order valence-electron chi connectivity index (χ3n) is 1.78. The summed E-state index contributed by atoms with van der Waals surface area (Å²) in [6.45, 7) is 0. The first kappa shape index (κ1) is 18.7. The number of benzene rings is 1. The number of nitrogens with two attached hydrogens (primary N) is 1. The van der Waals surface area contributed by atoms with Crippen LogP contribution in [0.3, 0.4) is 0 Å². The molecule has 1 amide bonds. The summed E-state index contributed by atoms with van der Waals surface area (Å²) in [6, 6.07) is 6.09. The van der Waals surface area contributed by atoms with Gasteiger partial charge in [0.1, 0.15) is 4.90 Å². The summed E-state index contributed by atoms with van der Waals surface area (Å²) in [4.78, 5) is 27.8. The van der Waals surface area contributed by atoms with Crippen molar-refractivity contribution in [1.82, 2.24) is 4.72 Å². The Morgan fingerprint density at radius 2 is 1.84 bits per heavy atom. The number of fused-ring (bicyclic) bond motifs is 1. The first-order chi connectivity index (χ1) is 8.17. The first-order valence-corrected chi connectivity index (χ1v) is 7.24. The van der Waals surface area contributed by atoms with Gasteiger partial charge in [-0.2, -0.15) is 0 Å². The van der Waals surface area contributed by atoms with E-state index in [4.69, 9.17) is 4.89 Å². The molecular formula is C7H8N2NaO7PS. The molecule has 1 aliphatic heterocycles. The van der Waals surface area contributed by atoms with Crippen LogP contribution in [0.25, 0.3) is 0 Å². The zero-order chi connectivity index (χ0) is 14.0. The molecule has 0 spiro atoms. The second-order valence-corrected chi connectivity index (χ2v) is 5.80. The summed E-state index contributed by atoms with van der Waals surface area (Å²) in [6.07, 6.45) is 0. The fourth-order valence-electron chi connectivity index (χ4n) is 1.12. The standard InChI is InChI=1S/C7H5NO3S.H4NO4P.Na/c9-7-5-3-1-2-4-6(5)12(10,11)8-7;1-5-6(2,3)4;/h1-4H,(H,8,9);1H2,(H2,2,3,4);/q;;+1/p-1. The van der Waals surface area contributed by atoms with Crippen molar-refractivity contribution in [3.05, 3.63) is 29.8 Å². The number of hydrogen-bond acceptors (Lipinski definition) is 7. The number of sulfonamides is 1. The van der Waals surface area contributed by atoms with E-state index < -0.39 is 23.8 Å². The maximum atomic E-state index is 11.1. The molecular weight excluding hydrogens is 310 g/mol. The van der Waals surface area contributed by atoms with Crippen LogP contribution in [-0.4, -0.2) is 19.2 Å². The van der Waals surface area contributed by atoms with Gasteiger partial charge in [-0.3, -0.25) is 9.36 Å². The molecule has 12 heteroatoms. The molecule has 0 aliphatic carbocycles. The summed E-state index contributed by atoms with van der Waals surface area (Å²) in [5.41, 5.74) is 0.220. The summed E-state index contributed by atoms with van der Waals surface area (Å²) < 4.78 is 36.4. The maximum Gasteiger partial charge on any atom is 1.00 e. The first-order valence-electron chi connectivity index (χ1n) is 4.26. The van der Waals surface area contributed by atoms with E-state index in [1.54, 1.807) is 12.1 Å². The van der Waals surface area contributed by atoms with Crippen LogP contribution >= 0.6 is 7.82 Å². The van der Waals surface area contributed by atoms with Crippen LogP contribution in [0, 0.1) is 0 Å². The van der Waals surface area contributed by atoms with Gasteiger partial charge in [0.05, 0.1) is 5.56 Å². The van der Waals surface area contributed by atoms with E-state index in [1.165, 1.54) is 12.1 Å². The fraction of sp³-hybridized carbons (Fsp3) is 0. The van der Waals surface area contributed by atoms with Crippen LogP contribution in [0.4, 0.5) is 0 Å². The molecule has 1 aliphatic rings.